The summed E-state index contributed by atoms with van der Waals surface area (Å²) >= 11 is 0. The van der Waals surface area contributed by atoms with Crippen LogP contribution >= 0.6 is 0 Å². The van der Waals surface area contributed by atoms with E-state index in [4.69, 9.17) is 9.47 Å². The van der Waals surface area contributed by atoms with E-state index in [1.807, 2.05) is 12.1 Å². The molecule has 0 spiro atoms. The van der Waals surface area contributed by atoms with Gasteiger partial charge in [0, 0.05) is 26.0 Å². The Bertz CT molecular complexity index is 720. The zero-order chi connectivity index (χ0) is 19.5. The van der Waals surface area contributed by atoms with Gasteiger partial charge in [0.2, 0.25) is 11.8 Å². The quantitative estimate of drug-likeness (QED) is 0.508. The average molecular weight is 371 g/mol. The summed E-state index contributed by atoms with van der Waals surface area (Å²) in [6, 6.07) is 11.0. The van der Waals surface area contributed by atoms with E-state index in [9.17, 15) is 9.59 Å². The number of carbonyl (C=O) groups excluding carboxylic acids is 2. The summed E-state index contributed by atoms with van der Waals surface area (Å²) in [7, 11) is 3.30. The smallest absolute Gasteiger partial charge is 0.231 e. The van der Waals surface area contributed by atoms with Crippen molar-refractivity contribution in [3.05, 3.63) is 54.4 Å². The first kappa shape index (κ1) is 20.2. The van der Waals surface area contributed by atoms with Crippen molar-refractivity contribution in [1.82, 2.24) is 15.2 Å². The molecule has 0 bridgehead atoms. The number of hydrogen-bond acceptors (Lipinski definition) is 5. The monoisotopic (exact) mass is 371 g/mol. The van der Waals surface area contributed by atoms with Crippen LogP contribution < -0.4 is 14.8 Å². The van der Waals surface area contributed by atoms with Gasteiger partial charge >= 0.3 is 0 Å². The van der Waals surface area contributed by atoms with E-state index in [0.717, 1.165) is 17.7 Å². The van der Waals surface area contributed by atoms with Crippen molar-refractivity contribution in [2.24, 2.45) is 0 Å². The number of benzene rings is 1. The second kappa shape index (κ2) is 10.8. The van der Waals surface area contributed by atoms with Crippen LogP contribution in [0.25, 0.3) is 0 Å². The maximum atomic E-state index is 12.1. The van der Waals surface area contributed by atoms with Crippen molar-refractivity contribution in [1.29, 1.82) is 0 Å². The molecule has 2 amide bonds. The van der Waals surface area contributed by atoms with Crippen LogP contribution in [0.1, 0.15) is 12.0 Å². The molecule has 2 aromatic rings. The maximum absolute atomic E-state index is 12.1. The number of hydrogen-bond donors (Lipinski definition) is 1. The minimum atomic E-state index is -0.311. The first-order valence-corrected chi connectivity index (χ1v) is 8.75. The van der Waals surface area contributed by atoms with Crippen LogP contribution in [-0.2, 0) is 16.0 Å². The number of pyridine rings is 1. The number of ether oxygens (including phenoxy) is 2. The Hall–Kier alpha value is -3.09. The van der Waals surface area contributed by atoms with E-state index in [-0.39, 0.29) is 18.2 Å². The number of carbonyl (C=O) groups is 2. The minimum absolute atomic E-state index is 0.171. The summed E-state index contributed by atoms with van der Waals surface area (Å²) in [6.45, 7) is 1.21. The Labute approximate surface area is 159 Å². The van der Waals surface area contributed by atoms with Gasteiger partial charge in [0.25, 0.3) is 0 Å². The molecule has 1 aromatic heterocycles. The molecule has 27 heavy (non-hydrogen) atoms. The van der Waals surface area contributed by atoms with E-state index in [2.05, 4.69) is 10.3 Å². The zero-order valence-corrected chi connectivity index (χ0v) is 15.7. The van der Waals surface area contributed by atoms with E-state index in [1.54, 1.807) is 55.7 Å². The van der Waals surface area contributed by atoms with Gasteiger partial charge in [-0.3, -0.25) is 14.6 Å². The topological polar surface area (TPSA) is 80.8 Å². The highest BCUT2D eigenvalue weighted by Crippen LogP contribution is 2.16. The molecule has 1 aromatic carbocycles. The molecule has 1 heterocycles. The maximum Gasteiger partial charge on any atom is 0.231 e. The van der Waals surface area contributed by atoms with Crippen LogP contribution in [0, 0.1) is 0 Å². The van der Waals surface area contributed by atoms with Crippen LogP contribution in [0.2, 0.25) is 0 Å². The molecule has 144 valence electrons. The standard InChI is InChI=1S/C20H25N3O4/c1-23(13-9-16-7-10-21-11-8-16)20(25)15-19(24)22-12-14-27-18-5-3-17(26-2)4-6-18/h3-8,10-11H,9,12-15H2,1-2H3,(H,22,24). The zero-order valence-electron chi connectivity index (χ0n) is 15.7. The van der Waals surface area contributed by atoms with Crippen molar-refractivity contribution in [2.75, 3.05) is 33.9 Å². The van der Waals surface area contributed by atoms with Crippen molar-refractivity contribution in [3.8, 4) is 11.5 Å². The lowest BCUT2D eigenvalue weighted by Gasteiger charge is -2.17. The lowest BCUT2D eigenvalue weighted by Crippen LogP contribution is -2.35. The molecule has 7 heteroatoms. The molecule has 7 nitrogen and oxygen atoms in total. The van der Waals surface area contributed by atoms with E-state index >= 15 is 0 Å². The van der Waals surface area contributed by atoms with Crippen molar-refractivity contribution in [3.63, 3.8) is 0 Å². The molecule has 0 saturated carbocycles. The third-order valence-electron chi connectivity index (χ3n) is 3.98. The SMILES string of the molecule is COc1ccc(OCCNC(=O)CC(=O)N(C)CCc2ccncc2)cc1. The molecule has 0 atom stereocenters. The van der Waals surface area contributed by atoms with Gasteiger partial charge in [-0.05, 0) is 48.4 Å². The number of amides is 2. The molecule has 1 N–H and O–H groups in total. The van der Waals surface area contributed by atoms with Crippen molar-refractivity contribution >= 4 is 11.8 Å². The summed E-state index contributed by atoms with van der Waals surface area (Å²) in [6.07, 6.45) is 3.99. The summed E-state index contributed by atoms with van der Waals surface area (Å²) in [5, 5.41) is 2.69. The number of rotatable bonds is 10. The van der Waals surface area contributed by atoms with Crippen LogP contribution in [0.5, 0.6) is 11.5 Å². The second-order valence-corrected chi connectivity index (χ2v) is 5.97. The fourth-order valence-electron chi connectivity index (χ4n) is 2.34. The number of methoxy groups -OCH3 is 1. The molecule has 0 radical (unpaired) electrons. The predicted octanol–water partition coefficient (Wildman–Crippen LogP) is 1.68. The van der Waals surface area contributed by atoms with Gasteiger partial charge in [0.1, 0.15) is 24.5 Å². The fraction of sp³-hybridized carbons (Fsp3) is 0.350. The van der Waals surface area contributed by atoms with Gasteiger partial charge in [0.15, 0.2) is 0 Å². The van der Waals surface area contributed by atoms with Gasteiger partial charge in [0.05, 0.1) is 13.7 Å². The Morgan fingerprint density at radius 1 is 1.07 bits per heavy atom. The van der Waals surface area contributed by atoms with Crippen molar-refractivity contribution in [2.45, 2.75) is 12.8 Å². The molecular formula is C20H25N3O4. The lowest BCUT2D eigenvalue weighted by atomic mass is 10.2. The Kier molecular flexibility index (Phi) is 8.09. The first-order chi connectivity index (χ1) is 13.1. The molecule has 0 saturated heterocycles. The Balaban J connectivity index is 1.61. The number of nitrogens with zero attached hydrogens (tertiary/aromatic N) is 2. The van der Waals surface area contributed by atoms with Crippen LogP contribution in [-0.4, -0.2) is 55.6 Å². The lowest BCUT2D eigenvalue weighted by molar-refractivity contribution is -0.135. The Morgan fingerprint density at radius 2 is 1.74 bits per heavy atom. The van der Waals surface area contributed by atoms with E-state index in [1.165, 1.54) is 0 Å². The summed E-state index contributed by atoms with van der Waals surface area (Å²) in [5.74, 6) is 0.922. The average Bonchev–Trinajstić information content (AvgIpc) is 2.70. The van der Waals surface area contributed by atoms with Crippen LogP contribution in [0.4, 0.5) is 0 Å². The normalized spacial score (nSPS) is 10.1. The van der Waals surface area contributed by atoms with E-state index < -0.39 is 0 Å². The predicted molar refractivity (Wildman–Crippen MR) is 102 cm³/mol. The highest BCUT2D eigenvalue weighted by Gasteiger charge is 2.13. The molecular weight excluding hydrogens is 346 g/mol. The molecule has 0 aliphatic carbocycles. The van der Waals surface area contributed by atoms with Gasteiger partial charge in [-0.2, -0.15) is 0 Å². The van der Waals surface area contributed by atoms with Gasteiger partial charge in [-0.1, -0.05) is 0 Å². The number of aromatic nitrogens is 1. The molecule has 2 rings (SSSR count). The highest BCUT2D eigenvalue weighted by atomic mass is 16.5. The van der Waals surface area contributed by atoms with Crippen molar-refractivity contribution < 1.29 is 19.1 Å². The third-order valence-corrected chi connectivity index (χ3v) is 3.98. The largest absolute Gasteiger partial charge is 0.497 e. The minimum Gasteiger partial charge on any atom is -0.497 e. The van der Waals surface area contributed by atoms with Gasteiger partial charge in [-0.25, -0.2) is 0 Å². The molecule has 0 fully saturated rings. The van der Waals surface area contributed by atoms with Gasteiger partial charge < -0.3 is 19.7 Å². The summed E-state index contributed by atoms with van der Waals surface area (Å²) in [4.78, 5) is 29.5. The van der Waals surface area contributed by atoms with Gasteiger partial charge in [-0.15, -0.1) is 0 Å². The Morgan fingerprint density at radius 3 is 2.41 bits per heavy atom. The summed E-state index contributed by atoms with van der Waals surface area (Å²) in [5.41, 5.74) is 1.10. The number of nitrogens with one attached hydrogen (secondary N) is 1. The molecule has 0 aliphatic heterocycles. The van der Waals surface area contributed by atoms with E-state index in [0.29, 0.717) is 25.4 Å². The van der Waals surface area contributed by atoms with Crippen LogP contribution in [0.3, 0.4) is 0 Å². The first-order valence-electron chi connectivity index (χ1n) is 8.75. The second-order valence-electron chi connectivity index (χ2n) is 5.97. The highest BCUT2D eigenvalue weighted by molar-refractivity contribution is 5.96. The molecule has 0 unspecified atom stereocenters. The molecule has 0 aliphatic rings. The van der Waals surface area contributed by atoms with Crippen LogP contribution in [0.15, 0.2) is 48.8 Å². The summed E-state index contributed by atoms with van der Waals surface area (Å²) < 4.78 is 10.6. The fourth-order valence-corrected chi connectivity index (χ4v) is 2.34. The number of likely N-dealkylation sites (N-methyl/N-ethyl adjacent to an activating group) is 1. The third kappa shape index (κ3) is 7.35.